The molecule has 1 aliphatic heterocycles. The molecule has 6 nitrogen and oxygen atoms in total. The molecule has 2 aromatic rings. The molecule has 1 amide bonds. The van der Waals surface area contributed by atoms with E-state index in [0.717, 1.165) is 68.8 Å². The van der Waals surface area contributed by atoms with Gasteiger partial charge in [0.2, 0.25) is 0 Å². The van der Waals surface area contributed by atoms with Crippen LogP contribution in [0, 0.1) is 22.7 Å². The summed E-state index contributed by atoms with van der Waals surface area (Å²) in [6.07, 6.45) is 5.57. The highest BCUT2D eigenvalue weighted by Gasteiger charge is 2.22. The van der Waals surface area contributed by atoms with Gasteiger partial charge < -0.3 is 15.0 Å². The van der Waals surface area contributed by atoms with Gasteiger partial charge in [0.1, 0.15) is 22.7 Å². The Labute approximate surface area is 180 Å². The number of rotatable bonds is 4. The quantitative estimate of drug-likeness (QED) is 0.601. The molecule has 1 N–H and O–H groups in total. The molecule has 152 valence electrons. The van der Waals surface area contributed by atoms with E-state index < -0.39 is 5.91 Å². The molecule has 1 aromatic heterocycles. The fraction of sp³-hybridized carbons (Fsp3) is 0.348. The SMILES string of the molecule is N#C/C(=C/c1ccc(N2CCOCC2)cc1)C(=O)Nc1sc2c(c1C#N)CCCC2. The number of nitrogens with zero attached hydrogens (tertiary/aromatic N) is 3. The number of anilines is 2. The Bertz CT molecular complexity index is 1050. The number of hydrogen-bond acceptors (Lipinski definition) is 6. The second kappa shape index (κ2) is 9.13. The molecule has 1 aliphatic carbocycles. The second-order valence-electron chi connectivity index (χ2n) is 7.34. The van der Waals surface area contributed by atoms with Crippen molar-refractivity contribution in [2.45, 2.75) is 25.7 Å². The first kappa shape index (κ1) is 20.2. The van der Waals surface area contributed by atoms with E-state index in [1.54, 1.807) is 6.08 Å². The molecule has 1 aromatic carbocycles. The van der Waals surface area contributed by atoms with Gasteiger partial charge in [-0.25, -0.2) is 0 Å². The minimum absolute atomic E-state index is 0.0179. The van der Waals surface area contributed by atoms with E-state index in [0.29, 0.717) is 10.6 Å². The van der Waals surface area contributed by atoms with E-state index in [-0.39, 0.29) is 5.57 Å². The number of morpholine rings is 1. The Morgan fingerprint density at radius 2 is 1.87 bits per heavy atom. The molecule has 0 atom stereocenters. The molecule has 0 unspecified atom stereocenters. The highest BCUT2D eigenvalue weighted by Crippen LogP contribution is 2.37. The maximum Gasteiger partial charge on any atom is 0.266 e. The van der Waals surface area contributed by atoms with E-state index >= 15 is 0 Å². The Balaban J connectivity index is 1.50. The van der Waals surface area contributed by atoms with Crippen LogP contribution >= 0.6 is 11.3 Å². The normalized spacial score (nSPS) is 16.3. The number of thiophene rings is 1. The summed E-state index contributed by atoms with van der Waals surface area (Å²) in [4.78, 5) is 16.1. The van der Waals surface area contributed by atoms with E-state index in [2.05, 4.69) is 16.3 Å². The number of fused-ring (bicyclic) bond motifs is 1. The Morgan fingerprint density at radius 1 is 1.13 bits per heavy atom. The van der Waals surface area contributed by atoms with E-state index in [4.69, 9.17) is 4.74 Å². The lowest BCUT2D eigenvalue weighted by Gasteiger charge is -2.28. The highest BCUT2D eigenvalue weighted by molar-refractivity contribution is 7.16. The second-order valence-corrected chi connectivity index (χ2v) is 8.45. The summed E-state index contributed by atoms with van der Waals surface area (Å²) in [7, 11) is 0. The van der Waals surface area contributed by atoms with Gasteiger partial charge in [-0.1, -0.05) is 12.1 Å². The smallest absolute Gasteiger partial charge is 0.266 e. The van der Waals surface area contributed by atoms with Crippen LogP contribution < -0.4 is 10.2 Å². The van der Waals surface area contributed by atoms with Crippen molar-refractivity contribution in [3.63, 3.8) is 0 Å². The van der Waals surface area contributed by atoms with Crippen molar-refractivity contribution < 1.29 is 9.53 Å². The first-order valence-corrected chi connectivity index (χ1v) is 10.9. The van der Waals surface area contributed by atoms with Gasteiger partial charge in [0.05, 0.1) is 18.8 Å². The van der Waals surface area contributed by atoms with E-state index in [1.807, 2.05) is 30.3 Å². The van der Waals surface area contributed by atoms with Gasteiger partial charge >= 0.3 is 0 Å². The minimum atomic E-state index is -0.482. The summed E-state index contributed by atoms with van der Waals surface area (Å²) in [5, 5.41) is 22.4. The lowest BCUT2D eigenvalue weighted by Crippen LogP contribution is -2.36. The monoisotopic (exact) mass is 418 g/mol. The van der Waals surface area contributed by atoms with Crippen molar-refractivity contribution in [2.24, 2.45) is 0 Å². The number of benzene rings is 1. The van der Waals surface area contributed by atoms with Gasteiger partial charge in [-0.05, 0) is 55.0 Å². The van der Waals surface area contributed by atoms with Crippen LogP contribution in [-0.2, 0) is 22.4 Å². The Morgan fingerprint density at radius 3 is 2.57 bits per heavy atom. The predicted octanol–water partition coefficient (Wildman–Crippen LogP) is 3.88. The molecule has 1 saturated heterocycles. The lowest BCUT2D eigenvalue weighted by atomic mass is 9.96. The number of ether oxygens (including phenoxy) is 1. The third kappa shape index (κ3) is 4.23. The number of amides is 1. The van der Waals surface area contributed by atoms with Gasteiger partial charge in [0, 0.05) is 23.7 Å². The van der Waals surface area contributed by atoms with Crippen LogP contribution in [0.5, 0.6) is 0 Å². The van der Waals surface area contributed by atoms with Crippen LogP contribution in [0.3, 0.4) is 0 Å². The van der Waals surface area contributed by atoms with Gasteiger partial charge in [0.25, 0.3) is 5.91 Å². The molecule has 4 rings (SSSR count). The van der Waals surface area contributed by atoms with Gasteiger partial charge in [-0.15, -0.1) is 11.3 Å². The number of carbonyl (C=O) groups is 1. The van der Waals surface area contributed by atoms with Crippen molar-refractivity contribution in [3.8, 4) is 12.1 Å². The maximum atomic E-state index is 12.7. The number of nitrogens with one attached hydrogen (secondary N) is 1. The summed E-state index contributed by atoms with van der Waals surface area (Å²) in [6, 6.07) is 12.0. The molecule has 7 heteroatoms. The first-order valence-electron chi connectivity index (χ1n) is 10.1. The summed E-state index contributed by atoms with van der Waals surface area (Å²) in [5.74, 6) is -0.482. The average molecular weight is 419 g/mol. The number of carbonyl (C=O) groups excluding carboxylic acids is 1. The zero-order valence-corrected chi connectivity index (χ0v) is 17.4. The van der Waals surface area contributed by atoms with Crippen LogP contribution in [0.2, 0.25) is 0 Å². The molecule has 30 heavy (non-hydrogen) atoms. The summed E-state index contributed by atoms with van der Waals surface area (Å²) in [5.41, 5.74) is 3.51. The number of nitriles is 2. The molecule has 0 saturated carbocycles. The van der Waals surface area contributed by atoms with E-state index in [9.17, 15) is 15.3 Å². The van der Waals surface area contributed by atoms with Crippen LogP contribution in [0.15, 0.2) is 29.8 Å². The molecule has 2 aliphatic rings. The van der Waals surface area contributed by atoms with Crippen molar-refractivity contribution in [3.05, 3.63) is 51.4 Å². The van der Waals surface area contributed by atoms with Gasteiger partial charge in [-0.2, -0.15) is 10.5 Å². The minimum Gasteiger partial charge on any atom is -0.378 e. The van der Waals surface area contributed by atoms with Crippen LogP contribution in [0.1, 0.15) is 34.4 Å². The van der Waals surface area contributed by atoms with Crippen molar-refractivity contribution in [1.29, 1.82) is 10.5 Å². The molecule has 0 radical (unpaired) electrons. The zero-order chi connectivity index (χ0) is 20.9. The zero-order valence-electron chi connectivity index (χ0n) is 16.6. The maximum absolute atomic E-state index is 12.7. The number of aryl methyl sites for hydroxylation is 1. The summed E-state index contributed by atoms with van der Waals surface area (Å²) < 4.78 is 5.38. The lowest BCUT2D eigenvalue weighted by molar-refractivity contribution is -0.112. The Hall–Kier alpha value is -3.13. The summed E-state index contributed by atoms with van der Waals surface area (Å²) >= 11 is 1.46. The Kier molecular flexibility index (Phi) is 6.13. The van der Waals surface area contributed by atoms with Crippen LogP contribution in [-0.4, -0.2) is 32.2 Å². The third-order valence-corrected chi connectivity index (χ3v) is 6.66. The topological polar surface area (TPSA) is 89.2 Å². The molecule has 2 heterocycles. The van der Waals surface area contributed by atoms with Gasteiger partial charge in [-0.3, -0.25) is 4.79 Å². The summed E-state index contributed by atoms with van der Waals surface area (Å²) in [6.45, 7) is 3.15. The molecule has 1 fully saturated rings. The largest absolute Gasteiger partial charge is 0.378 e. The standard InChI is InChI=1S/C23H22N4O2S/c24-14-17(13-16-5-7-18(8-6-16)27-9-11-29-12-10-27)22(28)26-23-20(15-25)19-3-1-2-4-21(19)30-23/h5-8,13H,1-4,9-12H2,(H,26,28)/b17-13-. The van der Waals surface area contributed by atoms with Crippen LogP contribution in [0.25, 0.3) is 6.08 Å². The molecule has 0 spiro atoms. The van der Waals surface area contributed by atoms with E-state index in [1.165, 1.54) is 16.2 Å². The molecular weight excluding hydrogens is 396 g/mol. The predicted molar refractivity (Wildman–Crippen MR) is 117 cm³/mol. The fourth-order valence-corrected chi connectivity index (χ4v) is 5.10. The van der Waals surface area contributed by atoms with Crippen LogP contribution in [0.4, 0.5) is 10.7 Å². The van der Waals surface area contributed by atoms with Crippen molar-refractivity contribution in [1.82, 2.24) is 0 Å². The average Bonchev–Trinajstić information content (AvgIpc) is 3.15. The molecular formula is C23H22N4O2S. The number of hydrogen-bond donors (Lipinski definition) is 1. The highest BCUT2D eigenvalue weighted by atomic mass is 32.1. The molecule has 0 bridgehead atoms. The first-order chi connectivity index (χ1) is 14.7. The third-order valence-electron chi connectivity index (χ3n) is 5.46. The van der Waals surface area contributed by atoms with Gasteiger partial charge in [0.15, 0.2) is 0 Å². The van der Waals surface area contributed by atoms with Crippen molar-refractivity contribution in [2.75, 3.05) is 36.5 Å². The van der Waals surface area contributed by atoms with Crippen molar-refractivity contribution >= 4 is 34.0 Å². The fourth-order valence-electron chi connectivity index (χ4n) is 3.86.